The molecule has 1 saturated heterocycles. The van der Waals surface area contributed by atoms with E-state index in [0.29, 0.717) is 39.1 Å². The Labute approximate surface area is 236 Å². The number of nitrogens with two attached hydrogens (primary N) is 1. The molecule has 2 aliphatic rings. The van der Waals surface area contributed by atoms with Gasteiger partial charge in [0.1, 0.15) is 22.7 Å². The summed E-state index contributed by atoms with van der Waals surface area (Å²) in [6.07, 6.45) is 2.98. The zero-order valence-electron chi connectivity index (χ0n) is 21.1. The number of Topliss-reactive ketones (excluding diaryl/α,β-unsaturated/α-hetero) is 1. The molecule has 2 amide bonds. The summed E-state index contributed by atoms with van der Waals surface area (Å²) in [5.74, 6) is 4.53. The van der Waals surface area contributed by atoms with Gasteiger partial charge in [0.05, 0.1) is 18.0 Å². The van der Waals surface area contributed by atoms with Crippen molar-refractivity contribution in [1.29, 1.82) is 0 Å². The van der Waals surface area contributed by atoms with Gasteiger partial charge in [-0.15, -0.1) is 0 Å². The van der Waals surface area contributed by atoms with Crippen molar-refractivity contribution in [2.24, 2.45) is 11.7 Å². The number of ketones is 1. The van der Waals surface area contributed by atoms with Crippen LogP contribution in [0.3, 0.4) is 0 Å². The lowest BCUT2D eigenvalue weighted by molar-refractivity contribution is -0.139. The molecule has 0 spiro atoms. The number of aromatic nitrogens is 4. The number of amides is 2. The first-order valence-electron chi connectivity index (χ1n) is 12.7. The van der Waals surface area contributed by atoms with Gasteiger partial charge in [0, 0.05) is 34.9 Å². The van der Waals surface area contributed by atoms with Crippen molar-refractivity contribution >= 4 is 44.4 Å². The van der Waals surface area contributed by atoms with Gasteiger partial charge in [-0.1, -0.05) is 12.0 Å². The summed E-state index contributed by atoms with van der Waals surface area (Å²) < 4.78 is 15.5. The molecule has 1 aliphatic carbocycles. The third-order valence-electron chi connectivity index (χ3n) is 7.22. The molecule has 200 valence electrons. The van der Waals surface area contributed by atoms with Gasteiger partial charge in [-0.05, 0) is 77.0 Å². The van der Waals surface area contributed by atoms with Crippen molar-refractivity contribution in [3.63, 3.8) is 0 Å². The Bertz CT molecular complexity index is 1760. The van der Waals surface area contributed by atoms with Crippen molar-refractivity contribution in [3.8, 4) is 11.8 Å². The summed E-state index contributed by atoms with van der Waals surface area (Å²) >= 11 is 3.33. The Morgan fingerprint density at radius 1 is 1.10 bits per heavy atom. The number of pyridine rings is 2. The number of benzene rings is 1. The smallest absolute Gasteiger partial charge is 0.269 e. The highest BCUT2D eigenvalue weighted by Crippen LogP contribution is 2.48. The second-order valence-electron chi connectivity index (χ2n) is 9.92. The number of fused-ring (bicyclic) bond motifs is 2. The van der Waals surface area contributed by atoms with Gasteiger partial charge in [0.15, 0.2) is 11.5 Å². The van der Waals surface area contributed by atoms with E-state index in [2.05, 4.69) is 42.8 Å². The number of piperidine rings is 1. The molecule has 11 heteroatoms. The van der Waals surface area contributed by atoms with Crippen LogP contribution in [0.5, 0.6) is 0 Å². The molecular weight excluding hydrogens is 579 g/mol. The van der Waals surface area contributed by atoms with Crippen LogP contribution in [0.4, 0.5) is 4.39 Å². The molecule has 6 rings (SSSR count). The lowest BCUT2D eigenvalue weighted by Gasteiger charge is -2.26. The van der Waals surface area contributed by atoms with Gasteiger partial charge in [0.2, 0.25) is 5.91 Å². The maximum atomic E-state index is 13.6. The maximum Gasteiger partial charge on any atom is 0.269 e. The maximum absolute atomic E-state index is 13.6. The van der Waals surface area contributed by atoms with Crippen LogP contribution in [0.25, 0.3) is 10.9 Å². The number of nitrogens with zero attached hydrogens (tertiary/aromatic N) is 5. The van der Waals surface area contributed by atoms with Gasteiger partial charge in [0.25, 0.3) is 5.91 Å². The quantitative estimate of drug-likeness (QED) is 0.268. The van der Waals surface area contributed by atoms with E-state index >= 15 is 0 Å². The van der Waals surface area contributed by atoms with Crippen LogP contribution in [0.2, 0.25) is 0 Å². The van der Waals surface area contributed by atoms with Crippen molar-refractivity contribution in [3.05, 3.63) is 87.8 Å². The predicted octanol–water partition coefficient (Wildman–Crippen LogP) is 3.03. The Hall–Kier alpha value is -4.43. The van der Waals surface area contributed by atoms with Crippen LogP contribution in [-0.2, 0) is 22.6 Å². The summed E-state index contributed by atoms with van der Waals surface area (Å²) in [5, 5.41) is 4.78. The van der Waals surface area contributed by atoms with E-state index in [1.54, 1.807) is 35.2 Å². The normalized spacial score (nSPS) is 19.1. The SMILES string of the molecule is NC(=O)c1nn(CC(=O)N2C(C(=O)Cc3cccc(Br)n3)C[C@H]3C[C@H]32)c2ccc(C#Cc3cc(F)ccn3)cc12. The zero-order chi connectivity index (χ0) is 28.0. The van der Waals surface area contributed by atoms with E-state index in [1.807, 2.05) is 6.07 Å². The van der Waals surface area contributed by atoms with E-state index in [0.717, 1.165) is 6.42 Å². The number of rotatable bonds is 6. The highest BCUT2D eigenvalue weighted by Gasteiger charge is 2.55. The standard InChI is InChI=1S/C29H22BrFN6O3/c30-26-3-1-2-20(34-26)14-25(38)24-12-17-11-23(17)37(24)27(39)15-36-22-7-5-16(10-21(22)28(35-36)29(32)40)4-6-19-13-18(31)8-9-33-19/h1-3,5,7-10,13,17,23-24H,11-12,14-15H2,(H2,32,40)/t17-,23-,24?/m1/s1. The average molecular weight is 601 g/mol. The van der Waals surface area contributed by atoms with Crippen molar-refractivity contribution in [2.45, 2.75) is 37.9 Å². The third-order valence-corrected chi connectivity index (χ3v) is 7.66. The van der Waals surface area contributed by atoms with Crippen LogP contribution in [0.15, 0.2) is 59.3 Å². The number of hydrogen-bond acceptors (Lipinski definition) is 6. The lowest BCUT2D eigenvalue weighted by atomic mass is 10.0. The highest BCUT2D eigenvalue weighted by atomic mass is 79.9. The summed E-state index contributed by atoms with van der Waals surface area (Å²) in [5.41, 5.74) is 7.59. The minimum absolute atomic E-state index is 0.00871. The van der Waals surface area contributed by atoms with Crippen LogP contribution >= 0.6 is 15.9 Å². The number of carbonyl (C=O) groups excluding carboxylic acids is 3. The Morgan fingerprint density at radius 2 is 1.95 bits per heavy atom. The molecule has 2 fully saturated rings. The minimum Gasteiger partial charge on any atom is -0.364 e. The van der Waals surface area contributed by atoms with Crippen molar-refractivity contribution in [1.82, 2.24) is 24.6 Å². The monoisotopic (exact) mass is 600 g/mol. The van der Waals surface area contributed by atoms with Gasteiger partial charge >= 0.3 is 0 Å². The molecule has 4 heterocycles. The predicted molar refractivity (Wildman–Crippen MR) is 146 cm³/mol. The van der Waals surface area contributed by atoms with Gasteiger partial charge in [-0.25, -0.2) is 14.4 Å². The zero-order valence-corrected chi connectivity index (χ0v) is 22.6. The molecule has 1 aromatic carbocycles. The number of primary amides is 1. The third kappa shape index (κ3) is 5.10. The van der Waals surface area contributed by atoms with E-state index in [9.17, 15) is 18.8 Å². The van der Waals surface area contributed by atoms with Crippen molar-refractivity contribution < 1.29 is 18.8 Å². The fourth-order valence-corrected chi connectivity index (χ4v) is 5.71. The van der Waals surface area contributed by atoms with Crippen LogP contribution < -0.4 is 5.73 Å². The molecule has 9 nitrogen and oxygen atoms in total. The number of carbonyl (C=O) groups is 3. The molecule has 40 heavy (non-hydrogen) atoms. The van der Waals surface area contributed by atoms with Crippen molar-refractivity contribution in [2.75, 3.05) is 0 Å². The molecule has 3 aromatic heterocycles. The second-order valence-corrected chi connectivity index (χ2v) is 10.7. The topological polar surface area (TPSA) is 124 Å². The van der Waals surface area contributed by atoms with Crippen LogP contribution in [-0.4, -0.2) is 54.3 Å². The average Bonchev–Trinajstić information content (AvgIpc) is 3.43. The minimum atomic E-state index is -0.744. The lowest BCUT2D eigenvalue weighted by Crippen LogP contribution is -2.45. The Kier molecular flexibility index (Phi) is 6.64. The number of hydrogen-bond donors (Lipinski definition) is 1. The van der Waals surface area contributed by atoms with E-state index in [4.69, 9.17) is 5.73 Å². The van der Waals surface area contributed by atoms with Crippen LogP contribution in [0.1, 0.15) is 40.3 Å². The summed E-state index contributed by atoms with van der Waals surface area (Å²) in [7, 11) is 0. The highest BCUT2D eigenvalue weighted by molar-refractivity contribution is 9.10. The molecular formula is C29H22BrFN6O3. The summed E-state index contributed by atoms with van der Waals surface area (Å²) in [6, 6.07) is 12.4. The first-order chi connectivity index (χ1) is 19.3. The van der Waals surface area contributed by atoms with Gasteiger partial charge < -0.3 is 10.6 Å². The summed E-state index contributed by atoms with van der Waals surface area (Å²) in [6.45, 7) is -0.149. The molecule has 0 bridgehead atoms. The van der Waals surface area contributed by atoms with Crippen LogP contribution in [0, 0.1) is 23.6 Å². The first-order valence-corrected chi connectivity index (χ1v) is 13.5. The Morgan fingerprint density at radius 3 is 2.73 bits per heavy atom. The van der Waals surface area contributed by atoms with E-state index in [1.165, 1.54) is 23.0 Å². The largest absolute Gasteiger partial charge is 0.364 e. The summed E-state index contributed by atoms with van der Waals surface area (Å²) in [4.78, 5) is 49.0. The fraction of sp³-hybridized carbons (Fsp3) is 0.241. The first kappa shape index (κ1) is 25.8. The molecule has 1 saturated carbocycles. The molecule has 2 N–H and O–H groups in total. The molecule has 3 atom stereocenters. The molecule has 1 aliphatic heterocycles. The molecule has 0 radical (unpaired) electrons. The van der Waals surface area contributed by atoms with Gasteiger partial charge in [-0.2, -0.15) is 5.10 Å². The number of likely N-dealkylation sites (tertiary alicyclic amines) is 1. The molecule has 4 aromatic rings. The number of halogens is 2. The fourth-order valence-electron chi connectivity index (χ4n) is 5.33. The second kappa shape index (κ2) is 10.3. The van der Waals surface area contributed by atoms with E-state index < -0.39 is 17.8 Å². The van der Waals surface area contributed by atoms with Gasteiger partial charge in [-0.3, -0.25) is 19.1 Å². The molecule has 1 unspecified atom stereocenters. The van der Waals surface area contributed by atoms with E-state index in [-0.39, 0.29) is 42.1 Å². The Balaban J connectivity index is 1.25.